The second-order valence-corrected chi connectivity index (χ2v) is 9.99. The molecule has 4 bridgehead atoms. The van der Waals surface area contributed by atoms with Crippen LogP contribution in [0.5, 0.6) is 0 Å². The highest BCUT2D eigenvalue weighted by Crippen LogP contribution is 2.61. The number of benzene rings is 1. The third kappa shape index (κ3) is 2.95. The van der Waals surface area contributed by atoms with Crippen molar-refractivity contribution in [1.29, 1.82) is 0 Å². The van der Waals surface area contributed by atoms with Crippen molar-refractivity contribution in [1.82, 2.24) is 0 Å². The fraction of sp³-hybridized carbons (Fsp3) is 0.545. The van der Waals surface area contributed by atoms with Gasteiger partial charge in [-0.3, -0.25) is 0 Å². The van der Waals surface area contributed by atoms with Crippen LogP contribution in [-0.2, 0) is 9.53 Å². The summed E-state index contributed by atoms with van der Waals surface area (Å²) in [7, 11) is 4.02. The molecule has 4 saturated carbocycles. The summed E-state index contributed by atoms with van der Waals surface area (Å²) in [4.78, 5) is 19.3. The van der Waals surface area contributed by atoms with Crippen molar-refractivity contribution >= 4 is 39.6 Å². The molecule has 0 aromatic heterocycles. The Morgan fingerprint density at radius 1 is 1.15 bits per heavy atom. The first-order valence-electron chi connectivity index (χ1n) is 9.92. The van der Waals surface area contributed by atoms with Crippen LogP contribution in [0.3, 0.4) is 0 Å². The van der Waals surface area contributed by atoms with E-state index in [9.17, 15) is 4.79 Å². The zero-order valence-electron chi connectivity index (χ0n) is 15.9. The minimum Gasteiger partial charge on any atom is -0.406 e. The van der Waals surface area contributed by atoms with Gasteiger partial charge in [0, 0.05) is 24.0 Å². The van der Waals surface area contributed by atoms with Crippen molar-refractivity contribution in [3.05, 3.63) is 33.9 Å². The SMILES string of the molecule is CN(C)c1ccc(/C=C2/N=C(C34CC5CC(CC(C5)C3)C4)OC2=O)cc1Br. The first kappa shape index (κ1) is 17.5. The second-order valence-electron chi connectivity index (χ2n) is 9.14. The van der Waals surface area contributed by atoms with E-state index >= 15 is 0 Å². The number of cyclic esters (lactones) is 1. The van der Waals surface area contributed by atoms with Crippen LogP contribution in [0.2, 0.25) is 0 Å². The molecule has 27 heavy (non-hydrogen) atoms. The summed E-state index contributed by atoms with van der Waals surface area (Å²) < 4.78 is 6.74. The highest BCUT2D eigenvalue weighted by molar-refractivity contribution is 9.10. The van der Waals surface area contributed by atoms with E-state index in [1.54, 1.807) is 0 Å². The molecule has 0 radical (unpaired) electrons. The van der Waals surface area contributed by atoms with Crippen LogP contribution in [0.4, 0.5) is 5.69 Å². The van der Waals surface area contributed by atoms with E-state index in [1.165, 1.54) is 19.3 Å². The van der Waals surface area contributed by atoms with Gasteiger partial charge in [-0.2, -0.15) is 0 Å². The molecule has 0 spiro atoms. The van der Waals surface area contributed by atoms with Crippen molar-refractivity contribution in [3.63, 3.8) is 0 Å². The van der Waals surface area contributed by atoms with Gasteiger partial charge in [-0.1, -0.05) is 6.07 Å². The molecule has 1 aliphatic heterocycles. The van der Waals surface area contributed by atoms with E-state index < -0.39 is 0 Å². The second kappa shape index (κ2) is 6.20. The van der Waals surface area contributed by atoms with Gasteiger partial charge in [-0.05, 0) is 96.0 Å². The van der Waals surface area contributed by atoms with Crippen molar-refractivity contribution < 1.29 is 9.53 Å². The number of ether oxygens (including phenoxy) is 1. The quantitative estimate of drug-likeness (QED) is 0.500. The van der Waals surface area contributed by atoms with E-state index in [0.29, 0.717) is 11.6 Å². The lowest BCUT2D eigenvalue weighted by Crippen LogP contribution is -2.50. The number of esters is 1. The summed E-state index contributed by atoms with van der Waals surface area (Å²) in [6.07, 6.45) is 9.42. The number of aliphatic imine (C=N–C) groups is 1. The molecule has 5 aliphatic rings. The molecule has 6 rings (SSSR count). The first-order valence-corrected chi connectivity index (χ1v) is 10.7. The predicted octanol–water partition coefficient (Wildman–Crippen LogP) is 5.03. The Kier molecular flexibility index (Phi) is 4.01. The smallest absolute Gasteiger partial charge is 0.363 e. The van der Waals surface area contributed by atoms with Crippen LogP contribution >= 0.6 is 15.9 Å². The molecule has 0 atom stereocenters. The molecule has 5 heteroatoms. The first-order chi connectivity index (χ1) is 12.9. The number of hydrogen-bond donors (Lipinski definition) is 0. The zero-order chi connectivity index (χ0) is 18.8. The van der Waals surface area contributed by atoms with Crippen LogP contribution in [-0.4, -0.2) is 26.0 Å². The molecule has 0 unspecified atom stereocenters. The molecule has 4 fully saturated rings. The number of rotatable bonds is 3. The Labute approximate surface area is 168 Å². The Morgan fingerprint density at radius 3 is 2.33 bits per heavy atom. The molecule has 4 nitrogen and oxygen atoms in total. The molecule has 0 saturated heterocycles. The molecule has 4 aliphatic carbocycles. The highest BCUT2D eigenvalue weighted by Gasteiger charge is 2.55. The monoisotopic (exact) mass is 428 g/mol. The fourth-order valence-electron chi connectivity index (χ4n) is 6.14. The van der Waals surface area contributed by atoms with Crippen molar-refractivity contribution in [2.75, 3.05) is 19.0 Å². The van der Waals surface area contributed by atoms with E-state index in [4.69, 9.17) is 9.73 Å². The van der Waals surface area contributed by atoms with Gasteiger partial charge in [-0.25, -0.2) is 9.79 Å². The Morgan fingerprint density at radius 2 is 1.78 bits per heavy atom. The Bertz CT molecular complexity index is 836. The van der Waals surface area contributed by atoms with E-state index in [2.05, 4.69) is 15.9 Å². The predicted molar refractivity (Wildman–Crippen MR) is 111 cm³/mol. The van der Waals surface area contributed by atoms with Gasteiger partial charge < -0.3 is 9.64 Å². The van der Waals surface area contributed by atoms with Crippen molar-refractivity contribution in [2.45, 2.75) is 38.5 Å². The molecule has 1 aromatic rings. The van der Waals surface area contributed by atoms with Gasteiger partial charge in [0.1, 0.15) is 0 Å². The molecule has 142 valence electrons. The van der Waals surface area contributed by atoms with Crippen LogP contribution in [0.25, 0.3) is 6.08 Å². The standard InChI is InChI=1S/C22H25BrN2O2/c1-25(2)19-4-3-13(8-17(19)23)9-18-20(26)27-21(24-18)22-10-14-5-15(11-22)7-16(6-14)12-22/h3-4,8-9,14-16H,5-7,10-12H2,1-2H3/b18-9+. The number of carbonyl (C=O) groups excluding carboxylic acids is 1. The number of halogens is 1. The third-order valence-corrected chi connectivity index (χ3v) is 7.50. The molecular formula is C22H25BrN2O2. The van der Waals surface area contributed by atoms with Crippen LogP contribution in [0.15, 0.2) is 33.4 Å². The lowest BCUT2D eigenvalue weighted by molar-refractivity contribution is -0.131. The fourth-order valence-corrected chi connectivity index (χ4v) is 6.89. The summed E-state index contributed by atoms with van der Waals surface area (Å²) in [6, 6.07) is 6.08. The molecule has 1 heterocycles. The third-order valence-electron chi connectivity index (χ3n) is 6.87. The largest absolute Gasteiger partial charge is 0.406 e. The minimum absolute atomic E-state index is 0.0232. The maximum Gasteiger partial charge on any atom is 0.363 e. The average molecular weight is 429 g/mol. The van der Waals surface area contributed by atoms with Gasteiger partial charge in [0.25, 0.3) is 0 Å². The molecule has 0 N–H and O–H groups in total. The van der Waals surface area contributed by atoms with Gasteiger partial charge in [0.05, 0.1) is 5.69 Å². The zero-order valence-corrected chi connectivity index (χ0v) is 17.5. The van der Waals surface area contributed by atoms with Gasteiger partial charge in [0.15, 0.2) is 5.70 Å². The van der Waals surface area contributed by atoms with Crippen molar-refractivity contribution in [2.24, 2.45) is 28.2 Å². The van der Waals surface area contributed by atoms with Gasteiger partial charge in [-0.15, -0.1) is 0 Å². The van der Waals surface area contributed by atoms with E-state index in [1.807, 2.05) is 43.3 Å². The lowest BCUT2D eigenvalue weighted by atomic mass is 9.49. The number of anilines is 1. The molecule has 1 aromatic carbocycles. The maximum absolute atomic E-state index is 12.5. The Hall–Kier alpha value is -1.62. The van der Waals surface area contributed by atoms with Gasteiger partial charge >= 0.3 is 5.97 Å². The summed E-state index contributed by atoms with van der Waals surface area (Å²) in [5, 5.41) is 0. The maximum atomic E-state index is 12.5. The molecule has 0 amide bonds. The van der Waals surface area contributed by atoms with E-state index in [0.717, 1.165) is 52.7 Å². The number of nitrogens with zero attached hydrogens (tertiary/aromatic N) is 2. The molecular weight excluding hydrogens is 404 g/mol. The van der Waals surface area contributed by atoms with Gasteiger partial charge in [0.2, 0.25) is 5.90 Å². The Balaban J connectivity index is 1.45. The summed E-state index contributed by atoms with van der Waals surface area (Å²) in [5.74, 6) is 2.83. The lowest BCUT2D eigenvalue weighted by Gasteiger charge is -2.55. The number of carbonyl (C=O) groups is 1. The normalized spacial score (nSPS) is 35.5. The van der Waals surface area contributed by atoms with Crippen LogP contribution in [0.1, 0.15) is 44.1 Å². The average Bonchev–Trinajstić information content (AvgIpc) is 2.95. The minimum atomic E-state index is -0.298. The van der Waals surface area contributed by atoms with Crippen LogP contribution < -0.4 is 4.90 Å². The summed E-state index contributed by atoms with van der Waals surface area (Å²) >= 11 is 3.61. The van der Waals surface area contributed by atoms with Crippen LogP contribution in [0, 0.1) is 23.2 Å². The number of hydrogen-bond acceptors (Lipinski definition) is 4. The summed E-state index contributed by atoms with van der Waals surface area (Å²) in [5.41, 5.74) is 2.51. The highest BCUT2D eigenvalue weighted by atomic mass is 79.9. The van der Waals surface area contributed by atoms with Crippen molar-refractivity contribution in [3.8, 4) is 0 Å². The van der Waals surface area contributed by atoms with E-state index in [-0.39, 0.29) is 11.4 Å². The summed E-state index contributed by atoms with van der Waals surface area (Å²) in [6.45, 7) is 0. The topological polar surface area (TPSA) is 41.9 Å².